The monoisotopic (exact) mass is 282 g/mol. The summed E-state index contributed by atoms with van der Waals surface area (Å²) in [6, 6.07) is 9.97. The van der Waals surface area contributed by atoms with Gasteiger partial charge in [-0.15, -0.1) is 0 Å². The van der Waals surface area contributed by atoms with Crippen molar-refractivity contribution in [2.45, 2.75) is 6.92 Å². The first-order valence-electron chi connectivity index (χ1n) is 6.14. The number of fused-ring (bicyclic) bond motifs is 1. The molecule has 0 aliphatic heterocycles. The van der Waals surface area contributed by atoms with Gasteiger partial charge in [0, 0.05) is 5.56 Å². The zero-order valence-electron chi connectivity index (χ0n) is 10.6. The first-order valence-corrected chi connectivity index (χ1v) is 7.02. The molecule has 6 heteroatoms. The summed E-state index contributed by atoms with van der Waals surface area (Å²) in [4.78, 5) is 5.44. The van der Waals surface area contributed by atoms with Crippen LogP contribution in [0.15, 0.2) is 46.6 Å². The maximum atomic E-state index is 5.36. The molecule has 4 rings (SSSR count). The largest absolute Gasteiger partial charge is 0.360 e. The lowest BCUT2D eigenvalue weighted by Gasteiger charge is -1.98. The molecule has 4 aromatic rings. The van der Waals surface area contributed by atoms with Crippen LogP contribution in [-0.4, -0.2) is 19.8 Å². The molecule has 0 fully saturated rings. The fourth-order valence-corrected chi connectivity index (χ4v) is 2.83. The van der Waals surface area contributed by atoms with E-state index < -0.39 is 0 Å². The Morgan fingerprint density at radius 2 is 2.05 bits per heavy atom. The van der Waals surface area contributed by atoms with Gasteiger partial charge in [0.05, 0.1) is 17.5 Å². The van der Waals surface area contributed by atoms with E-state index in [-0.39, 0.29) is 0 Å². The molecule has 0 radical (unpaired) electrons. The molecule has 0 bridgehead atoms. The molecule has 0 amide bonds. The number of rotatable bonds is 2. The van der Waals surface area contributed by atoms with Gasteiger partial charge in [-0.2, -0.15) is 5.10 Å². The van der Waals surface area contributed by atoms with E-state index in [2.05, 4.69) is 15.2 Å². The van der Waals surface area contributed by atoms with Crippen LogP contribution in [0.25, 0.3) is 27.5 Å². The van der Waals surface area contributed by atoms with E-state index in [1.54, 1.807) is 10.0 Å². The molecule has 5 nitrogen and oxygen atoms in total. The third-order valence-corrected chi connectivity index (χ3v) is 3.84. The van der Waals surface area contributed by atoms with Crippen LogP contribution >= 0.6 is 11.3 Å². The molecule has 0 aliphatic carbocycles. The molecular weight excluding hydrogens is 272 g/mol. The maximum absolute atomic E-state index is 5.36. The molecular formula is C14H10N4OS. The summed E-state index contributed by atoms with van der Waals surface area (Å²) in [5, 5.41) is 8.38. The highest BCUT2D eigenvalue weighted by atomic mass is 32.1. The zero-order chi connectivity index (χ0) is 13.5. The van der Waals surface area contributed by atoms with Crippen LogP contribution in [-0.2, 0) is 0 Å². The Bertz CT molecular complexity index is 847. The molecule has 98 valence electrons. The maximum Gasteiger partial charge on any atom is 0.212 e. The lowest BCUT2D eigenvalue weighted by atomic mass is 10.0. The summed E-state index contributed by atoms with van der Waals surface area (Å²) in [5.41, 5.74) is 5.36. The fourth-order valence-electron chi connectivity index (χ4n) is 2.23. The SMILES string of the molecule is Cc1onc(-c2ccccc2)c1-c1cn2ncsc2n1. The summed E-state index contributed by atoms with van der Waals surface area (Å²) in [5.74, 6) is 0.759. The van der Waals surface area contributed by atoms with Crippen molar-refractivity contribution in [1.82, 2.24) is 19.8 Å². The minimum absolute atomic E-state index is 0.759. The van der Waals surface area contributed by atoms with Crippen molar-refractivity contribution in [2.75, 3.05) is 0 Å². The number of aryl methyl sites for hydroxylation is 1. The number of aromatic nitrogens is 4. The second-order valence-electron chi connectivity index (χ2n) is 4.42. The molecule has 0 unspecified atom stereocenters. The Labute approximate surface area is 118 Å². The molecule has 0 saturated carbocycles. The highest BCUT2D eigenvalue weighted by Crippen LogP contribution is 2.33. The van der Waals surface area contributed by atoms with Gasteiger partial charge in [0.25, 0.3) is 0 Å². The average molecular weight is 282 g/mol. The van der Waals surface area contributed by atoms with E-state index >= 15 is 0 Å². The number of imidazole rings is 1. The van der Waals surface area contributed by atoms with Crippen LogP contribution in [0.3, 0.4) is 0 Å². The Hall–Kier alpha value is -2.47. The molecule has 3 aromatic heterocycles. The third-order valence-electron chi connectivity index (χ3n) is 3.15. The lowest BCUT2D eigenvalue weighted by Crippen LogP contribution is -1.84. The minimum Gasteiger partial charge on any atom is -0.360 e. The Balaban J connectivity index is 1.94. The van der Waals surface area contributed by atoms with Crippen molar-refractivity contribution in [2.24, 2.45) is 0 Å². The second-order valence-corrected chi connectivity index (χ2v) is 5.23. The molecule has 0 aliphatic rings. The van der Waals surface area contributed by atoms with Gasteiger partial charge < -0.3 is 4.52 Å². The zero-order valence-corrected chi connectivity index (χ0v) is 11.5. The van der Waals surface area contributed by atoms with E-state index in [0.29, 0.717) is 0 Å². The fraction of sp³-hybridized carbons (Fsp3) is 0.0714. The summed E-state index contributed by atoms with van der Waals surface area (Å²) in [6.45, 7) is 1.90. The van der Waals surface area contributed by atoms with Crippen molar-refractivity contribution >= 4 is 16.3 Å². The van der Waals surface area contributed by atoms with Crippen molar-refractivity contribution < 1.29 is 4.52 Å². The first kappa shape index (κ1) is 11.4. The standard InChI is InChI=1S/C14H10N4OS/c1-9-12(11-7-18-14(16-11)20-8-15-18)13(17-19-9)10-5-3-2-4-6-10/h2-8H,1H3. The lowest BCUT2D eigenvalue weighted by molar-refractivity contribution is 0.400. The molecule has 20 heavy (non-hydrogen) atoms. The van der Waals surface area contributed by atoms with Gasteiger partial charge in [0.1, 0.15) is 17.0 Å². The number of hydrogen-bond acceptors (Lipinski definition) is 5. The van der Waals surface area contributed by atoms with Crippen LogP contribution in [0, 0.1) is 6.92 Å². The van der Waals surface area contributed by atoms with Crippen LogP contribution < -0.4 is 0 Å². The third kappa shape index (κ3) is 1.65. The molecule has 1 aromatic carbocycles. The van der Waals surface area contributed by atoms with E-state index in [0.717, 1.165) is 33.2 Å². The normalized spacial score (nSPS) is 11.2. The van der Waals surface area contributed by atoms with Gasteiger partial charge in [-0.25, -0.2) is 9.50 Å². The predicted molar refractivity (Wildman–Crippen MR) is 76.5 cm³/mol. The average Bonchev–Trinajstić information content (AvgIpc) is 3.13. The van der Waals surface area contributed by atoms with Gasteiger partial charge >= 0.3 is 0 Å². The predicted octanol–water partition coefficient (Wildman–Crippen LogP) is 3.42. The van der Waals surface area contributed by atoms with Gasteiger partial charge in [-0.05, 0) is 6.92 Å². The van der Waals surface area contributed by atoms with Crippen molar-refractivity contribution in [3.63, 3.8) is 0 Å². The topological polar surface area (TPSA) is 56.2 Å². The quantitative estimate of drug-likeness (QED) is 0.565. The van der Waals surface area contributed by atoms with Gasteiger partial charge in [0.2, 0.25) is 4.96 Å². The van der Waals surface area contributed by atoms with Crippen LogP contribution in [0.1, 0.15) is 5.76 Å². The summed E-state index contributed by atoms with van der Waals surface area (Å²) < 4.78 is 7.13. The van der Waals surface area contributed by atoms with Crippen LogP contribution in [0.4, 0.5) is 0 Å². The molecule has 3 heterocycles. The van der Waals surface area contributed by atoms with E-state index in [1.807, 2.05) is 43.5 Å². The molecule has 0 N–H and O–H groups in total. The highest BCUT2D eigenvalue weighted by Gasteiger charge is 2.19. The van der Waals surface area contributed by atoms with Crippen molar-refractivity contribution in [1.29, 1.82) is 0 Å². The number of benzene rings is 1. The molecule has 0 spiro atoms. The molecule has 0 atom stereocenters. The highest BCUT2D eigenvalue weighted by molar-refractivity contribution is 7.14. The van der Waals surface area contributed by atoms with Crippen LogP contribution in [0.2, 0.25) is 0 Å². The summed E-state index contributed by atoms with van der Waals surface area (Å²) in [6.07, 6.45) is 1.90. The molecule has 0 saturated heterocycles. The van der Waals surface area contributed by atoms with Crippen LogP contribution in [0.5, 0.6) is 0 Å². The van der Waals surface area contributed by atoms with Gasteiger partial charge in [0.15, 0.2) is 0 Å². The van der Waals surface area contributed by atoms with Crippen molar-refractivity contribution in [3.8, 4) is 22.5 Å². The first-order chi connectivity index (χ1) is 9.83. The Kier molecular flexibility index (Phi) is 2.43. The van der Waals surface area contributed by atoms with Gasteiger partial charge in [-0.3, -0.25) is 0 Å². The van der Waals surface area contributed by atoms with E-state index in [9.17, 15) is 0 Å². The van der Waals surface area contributed by atoms with E-state index in [1.165, 1.54) is 11.3 Å². The minimum atomic E-state index is 0.759. The van der Waals surface area contributed by atoms with Crippen molar-refractivity contribution in [3.05, 3.63) is 47.8 Å². The Morgan fingerprint density at radius 3 is 2.85 bits per heavy atom. The number of hydrogen-bond donors (Lipinski definition) is 0. The smallest absolute Gasteiger partial charge is 0.212 e. The second kappa shape index (κ2) is 4.28. The summed E-state index contributed by atoms with van der Waals surface area (Å²) >= 11 is 1.50. The Morgan fingerprint density at radius 1 is 1.20 bits per heavy atom. The summed E-state index contributed by atoms with van der Waals surface area (Å²) in [7, 11) is 0. The van der Waals surface area contributed by atoms with E-state index in [4.69, 9.17) is 4.52 Å². The number of nitrogens with zero attached hydrogens (tertiary/aromatic N) is 4. The van der Waals surface area contributed by atoms with Gasteiger partial charge in [-0.1, -0.05) is 46.8 Å².